The minimum atomic E-state index is -3.84. The fourth-order valence-electron chi connectivity index (χ4n) is 4.04. The second kappa shape index (κ2) is 11.2. The Morgan fingerprint density at radius 3 is 2.65 bits per heavy atom. The average molecular weight is 457 g/mol. The Hall–Kier alpha value is -1.72. The molecule has 2 saturated heterocycles. The van der Waals surface area contributed by atoms with Crippen LogP contribution in [0.15, 0.2) is 29.2 Å². The summed E-state index contributed by atoms with van der Waals surface area (Å²) in [5.41, 5.74) is 0. The van der Waals surface area contributed by atoms with Crippen LogP contribution in [0.25, 0.3) is 0 Å². The summed E-state index contributed by atoms with van der Waals surface area (Å²) in [6.07, 6.45) is 2.44. The third-order valence-electron chi connectivity index (χ3n) is 5.82. The molecule has 3 atom stereocenters. The van der Waals surface area contributed by atoms with Gasteiger partial charge in [0.2, 0.25) is 15.9 Å². The van der Waals surface area contributed by atoms with Crippen LogP contribution < -0.4 is 14.8 Å². The molecule has 2 aliphatic heterocycles. The van der Waals surface area contributed by atoms with Crippen molar-refractivity contribution in [3.63, 3.8) is 0 Å². The second-order valence-corrected chi connectivity index (χ2v) is 9.58. The number of hydrogen-bond donors (Lipinski definition) is 3. The Bertz CT molecular complexity index is 827. The van der Waals surface area contributed by atoms with Gasteiger partial charge in [-0.3, -0.25) is 4.79 Å². The van der Waals surface area contributed by atoms with E-state index < -0.39 is 22.2 Å². The first-order valence-electron chi connectivity index (χ1n) is 10.7. The van der Waals surface area contributed by atoms with Crippen molar-refractivity contribution < 1.29 is 32.5 Å². The lowest BCUT2D eigenvalue weighted by Crippen LogP contribution is -2.51. The van der Waals surface area contributed by atoms with Crippen LogP contribution >= 0.6 is 0 Å². The Kier molecular flexibility index (Phi) is 8.67. The van der Waals surface area contributed by atoms with E-state index in [1.54, 1.807) is 18.2 Å². The van der Waals surface area contributed by atoms with E-state index in [2.05, 4.69) is 10.0 Å². The Morgan fingerprint density at radius 2 is 1.94 bits per heavy atom. The molecule has 1 amide bonds. The van der Waals surface area contributed by atoms with Gasteiger partial charge in [0.05, 0.1) is 32.0 Å². The number of nitrogens with one attached hydrogen (secondary N) is 2. The maximum Gasteiger partial charge on any atom is 0.244 e. The van der Waals surface area contributed by atoms with Gasteiger partial charge in [0.15, 0.2) is 0 Å². The predicted molar refractivity (Wildman–Crippen MR) is 113 cm³/mol. The molecule has 0 radical (unpaired) electrons. The van der Waals surface area contributed by atoms with Gasteiger partial charge in [-0.1, -0.05) is 12.1 Å². The zero-order valence-electron chi connectivity index (χ0n) is 17.8. The normalized spacial score (nSPS) is 25.2. The molecule has 9 nitrogen and oxygen atoms in total. The molecule has 1 aromatic carbocycles. The summed E-state index contributed by atoms with van der Waals surface area (Å²) >= 11 is 0. The van der Waals surface area contributed by atoms with Crippen LogP contribution in [0.1, 0.15) is 32.1 Å². The summed E-state index contributed by atoms with van der Waals surface area (Å²) in [4.78, 5) is 12.3. The molecular weight excluding hydrogens is 424 g/mol. The molecule has 2 heterocycles. The monoisotopic (exact) mass is 456 g/mol. The molecule has 0 aromatic heterocycles. The smallest absolute Gasteiger partial charge is 0.244 e. The summed E-state index contributed by atoms with van der Waals surface area (Å²) in [5.74, 6) is 0.297. The van der Waals surface area contributed by atoms with Crippen molar-refractivity contribution in [2.75, 3.05) is 33.5 Å². The predicted octanol–water partition coefficient (Wildman–Crippen LogP) is 0.815. The number of sulfonamides is 1. The van der Waals surface area contributed by atoms with Crippen LogP contribution in [0.5, 0.6) is 5.75 Å². The summed E-state index contributed by atoms with van der Waals surface area (Å²) in [5, 5.41) is 12.7. The summed E-state index contributed by atoms with van der Waals surface area (Å²) in [6, 6.07) is 5.84. The molecule has 3 rings (SSSR count). The standard InChI is InChI=1S/C21H32N2O7S/c1-28-18-4-2-3-5-20(18)31(26,27)23-17-7-6-16(30-19(17)14-24)8-11-22-21(25)15-9-12-29-13-10-15/h2-5,15-17,19,23-24H,6-14H2,1H3,(H,22,25)/t16-,17+,19+/m0/s1. The van der Waals surface area contributed by atoms with Gasteiger partial charge in [-0.05, 0) is 44.2 Å². The molecule has 1 aromatic rings. The molecule has 0 spiro atoms. The van der Waals surface area contributed by atoms with Crippen LogP contribution in [0.2, 0.25) is 0 Å². The van der Waals surface area contributed by atoms with Gasteiger partial charge >= 0.3 is 0 Å². The third kappa shape index (κ3) is 6.39. The minimum absolute atomic E-state index is 0.0000190. The molecule has 174 valence electrons. The third-order valence-corrected chi connectivity index (χ3v) is 7.35. The molecule has 31 heavy (non-hydrogen) atoms. The molecule has 0 saturated carbocycles. The highest BCUT2D eigenvalue weighted by Gasteiger charge is 2.34. The van der Waals surface area contributed by atoms with Crippen LogP contribution in [0, 0.1) is 5.92 Å². The Balaban J connectivity index is 1.50. The lowest BCUT2D eigenvalue weighted by atomic mass is 9.97. The zero-order valence-corrected chi connectivity index (χ0v) is 18.6. The molecule has 10 heteroatoms. The zero-order chi connectivity index (χ0) is 22.3. The van der Waals surface area contributed by atoms with Crippen molar-refractivity contribution in [2.45, 2.75) is 55.2 Å². The molecular formula is C21H32N2O7S. The van der Waals surface area contributed by atoms with E-state index >= 15 is 0 Å². The summed E-state index contributed by atoms with van der Waals surface area (Å²) in [7, 11) is -2.42. The quantitative estimate of drug-likeness (QED) is 0.503. The number of methoxy groups -OCH3 is 1. The second-order valence-electron chi connectivity index (χ2n) is 7.90. The number of rotatable bonds is 9. The molecule has 2 aliphatic rings. The molecule has 0 unspecified atom stereocenters. The fourth-order valence-corrected chi connectivity index (χ4v) is 5.51. The van der Waals surface area contributed by atoms with E-state index in [4.69, 9.17) is 14.2 Å². The Morgan fingerprint density at radius 1 is 1.19 bits per heavy atom. The van der Waals surface area contributed by atoms with E-state index in [0.29, 0.717) is 39.0 Å². The van der Waals surface area contributed by atoms with Gasteiger partial charge in [-0.15, -0.1) is 0 Å². The minimum Gasteiger partial charge on any atom is -0.495 e. The Labute approximate surface area is 183 Å². The van der Waals surface area contributed by atoms with Crippen molar-refractivity contribution >= 4 is 15.9 Å². The SMILES string of the molecule is COc1ccccc1S(=O)(=O)N[C@@H]1CC[C@@H](CCNC(=O)C2CCOCC2)O[C@@H]1CO. The van der Waals surface area contributed by atoms with E-state index in [9.17, 15) is 18.3 Å². The number of ether oxygens (including phenoxy) is 3. The number of para-hydroxylation sites is 1. The fraction of sp³-hybridized carbons (Fsp3) is 0.667. The van der Waals surface area contributed by atoms with Crippen molar-refractivity contribution in [2.24, 2.45) is 5.92 Å². The largest absolute Gasteiger partial charge is 0.495 e. The highest BCUT2D eigenvalue weighted by atomic mass is 32.2. The summed E-state index contributed by atoms with van der Waals surface area (Å²) in [6.45, 7) is 1.42. The van der Waals surface area contributed by atoms with Crippen LogP contribution in [0.4, 0.5) is 0 Å². The highest BCUT2D eigenvalue weighted by molar-refractivity contribution is 7.89. The number of carbonyl (C=O) groups excluding carboxylic acids is 1. The lowest BCUT2D eigenvalue weighted by Gasteiger charge is -2.36. The number of aliphatic hydroxyl groups excluding tert-OH is 1. The molecule has 3 N–H and O–H groups in total. The highest BCUT2D eigenvalue weighted by Crippen LogP contribution is 2.26. The van der Waals surface area contributed by atoms with E-state index in [-0.39, 0.29) is 35.2 Å². The number of amides is 1. The van der Waals surface area contributed by atoms with Crippen molar-refractivity contribution in [3.8, 4) is 5.75 Å². The van der Waals surface area contributed by atoms with Gasteiger partial charge in [-0.25, -0.2) is 13.1 Å². The summed E-state index contributed by atoms with van der Waals surface area (Å²) < 4.78 is 44.7. The number of carbonyl (C=O) groups is 1. The first kappa shape index (κ1) is 23.9. The van der Waals surface area contributed by atoms with Gasteiger partial charge in [0, 0.05) is 25.7 Å². The van der Waals surface area contributed by atoms with E-state index in [1.807, 2.05) is 0 Å². The van der Waals surface area contributed by atoms with Crippen LogP contribution in [0.3, 0.4) is 0 Å². The topological polar surface area (TPSA) is 123 Å². The lowest BCUT2D eigenvalue weighted by molar-refractivity contribution is -0.128. The molecule has 0 aliphatic carbocycles. The van der Waals surface area contributed by atoms with Gasteiger partial charge in [0.25, 0.3) is 0 Å². The number of hydrogen-bond acceptors (Lipinski definition) is 7. The van der Waals surface area contributed by atoms with E-state index in [0.717, 1.165) is 12.8 Å². The van der Waals surface area contributed by atoms with Crippen LogP contribution in [-0.4, -0.2) is 71.2 Å². The van der Waals surface area contributed by atoms with Crippen LogP contribution in [-0.2, 0) is 24.3 Å². The van der Waals surface area contributed by atoms with Crippen molar-refractivity contribution in [3.05, 3.63) is 24.3 Å². The van der Waals surface area contributed by atoms with Crippen molar-refractivity contribution in [1.29, 1.82) is 0 Å². The van der Waals surface area contributed by atoms with Gasteiger partial charge in [-0.2, -0.15) is 0 Å². The maximum atomic E-state index is 12.8. The molecule has 0 bridgehead atoms. The molecule has 2 fully saturated rings. The number of aliphatic hydroxyl groups is 1. The van der Waals surface area contributed by atoms with Crippen molar-refractivity contribution in [1.82, 2.24) is 10.0 Å². The average Bonchev–Trinajstić information content (AvgIpc) is 2.80. The van der Waals surface area contributed by atoms with E-state index in [1.165, 1.54) is 13.2 Å². The maximum absolute atomic E-state index is 12.8. The van der Waals surface area contributed by atoms with Gasteiger partial charge < -0.3 is 24.6 Å². The first-order chi connectivity index (χ1) is 14.9. The number of benzene rings is 1. The van der Waals surface area contributed by atoms with Gasteiger partial charge in [0.1, 0.15) is 10.6 Å². The first-order valence-corrected chi connectivity index (χ1v) is 12.2.